The van der Waals surface area contributed by atoms with Crippen molar-refractivity contribution in [2.24, 2.45) is 5.92 Å². The van der Waals surface area contributed by atoms with Crippen LogP contribution in [0.3, 0.4) is 0 Å². The van der Waals surface area contributed by atoms with Crippen molar-refractivity contribution < 1.29 is 23.4 Å². The summed E-state index contributed by atoms with van der Waals surface area (Å²) < 4.78 is 26.4. The van der Waals surface area contributed by atoms with Crippen molar-refractivity contribution in [2.75, 3.05) is 13.1 Å². The Balaban J connectivity index is 2.36. The number of hydrogen-bond donors (Lipinski definition) is 2. The van der Waals surface area contributed by atoms with Gasteiger partial charge >= 0.3 is 5.97 Å². The maximum absolute atomic E-state index is 12.6. The zero-order valence-electron chi connectivity index (χ0n) is 11.4. The van der Waals surface area contributed by atoms with E-state index in [9.17, 15) is 18.3 Å². The Hall–Kier alpha value is -1.15. The van der Waals surface area contributed by atoms with Crippen LogP contribution in [0.15, 0.2) is 23.1 Å². The SMILES string of the molecule is Cc1c(Cl)cccc1S(=O)(=O)N1CCC(O)C(C(=O)O)C1. The van der Waals surface area contributed by atoms with Crippen LogP contribution in [0.1, 0.15) is 12.0 Å². The molecule has 0 amide bonds. The van der Waals surface area contributed by atoms with E-state index in [0.29, 0.717) is 10.6 Å². The maximum atomic E-state index is 12.6. The largest absolute Gasteiger partial charge is 0.481 e. The lowest BCUT2D eigenvalue weighted by molar-refractivity contribution is -0.147. The molecular formula is C13H16ClNO5S. The van der Waals surface area contributed by atoms with Crippen molar-refractivity contribution in [3.05, 3.63) is 28.8 Å². The highest BCUT2D eigenvalue weighted by molar-refractivity contribution is 7.89. The number of aliphatic carboxylic acids is 1. The Labute approximate surface area is 128 Å². The molecule has 0 radical (unpaired) electrons. The van der Waals surface area contributed by atoms with Gasteiger partial charge in [-0.15, -0.1) is 0 Å². The molecule has 0 aromatic heterocycles. The summed E-state index contributed by atoms with van der Waals surface area (Å²) in [7, 11) is -3.83. The lowest BCUT2D eigenvalue weighted by Crippen LogP contribution is -2.48. The van der Waals surface area contributed by atoms with E-state index in [1.807, 2.05) is 0 Å². The first kappa shape index (κ1) is 16.2. The Kier molecular flexibility index (Phi) is 4.57. The van der Waals surface area contributed by atoms with Crippen LogP contribution in [0.2, 0.25) is 5.02 Å². The number of aliphatic hydroxyl groups is 1. The van der Waals surface area contributed by atoms with E-state index in [2.05, 4.69) is 0 Å². The minimum absolute atomic E-state index is 0.0653. The van der Waals surface area contributed by atoms with E-state index >= 15 is 0 Å². The molecule has 2 N–H and O–H groups in total. The van der Waals surface area contributed by atoms with Crippen molar-refractivity contribution in [3.63, 3.8) is 0 Å². The summed E-state index contributed by atoms with van der Waals surface area (Å²) >= 11 is 5.94. The van der Waals surface area contributed by atoms with Crippen molar-refractivity contribution in [1.82, 2.24) is 4.31 Å². The monoisotopic (exact) mass is 333 g/mol. The molecule has 0 bridgehead atoms. The minimum atomic E-state index is -3.83. The zero-order chi connectivity index (χ0) is 15.8. The van der Waals surface area contributed by atoms with E-state index < -0.39 is 28.0 Å². The second-order valence-electron chi connectivity index (χ2n) is 5.03. The second-order valence-corrected chi connectivity index (χ2v) is 7.34. The second kappa shape index (κ2) is 5.92. The molecule has 21 heavy (non-hydrogen) atoms. The standard InChI is InChI=1S/C13H16ClNO5S/c1-8-10(14)3-2-4-12(8)21(19,20)15-6-5-11(16)9(7-15)13(17)18/h2-4,9,11,16H,5-7H2,1H3,(H,17,18). The molecule has 8 heteroatoms. The number of sulfonamides is 1. The van der Waals surface area contributed by atoms with Crippen molar-refractivity contribution in [1.29, 1.82) is 0 Å². The predicted molar refractivity (Wildman–Crippen MR) is 76.7 cm³/mol. The van der Waals surface area contributed by atoms with Gasteiger partial charge in [-0.3, -0.25) is 4.79 Å². The molecule has 1 aliphatic rings. The third-order valence-electron chi connectivity index (χ3n) is 3.69. The highest BCUT2D eigenvalue weighted by Crippen LogP contribution is 2.28. The summed E-state index contributed by atoms with van der Waals surface area (Å²) in [4.78, 5) is 11.2. The number of nitrogens with zero attached hydrogens (tertiary/aromatic N) is 1. The Morgan fingerprint density at radius 2 is 2.10 bits per heavy atom. The first-order valence-corrected chi connectivity index (χ1v) is 8.23. The van der Waals surface area contributed by atoms with Gasteiger partial charge in [-0.25, -0.2) is 8.42 Å². The summed E-state index contributed by atoms with van der Waals surface area (Å²) in [6.07, 6.45) is -0.940. The summed E-state index contributed by atoms with van der Waals surface area (Å²) in [5.41, 5.74) is 0.428. The molecule has 116 valence electrons. The fourth-order valence-electron chi connectivity index (χ4n) is 2.38. The van der Waals surface area contributed by atoms with Crippen LogP contribution in [0.25, 0.3) is 0 Å². The Bertz CT molecular complexity index is 661. The maximum Gasteiger partial charge on any atom is 0.310 e. The topological polar surface area (TPSA) is 94.9 Å². The number of aliphatic hydroxyl groups excluding tert-OH is 1. The molecule has 2 atom stereocenters. The Morgan fingerprint density at radius 3 is 2.71 bits per heavy atom. The number of carboxylic acids is 1. The number of rotatable bonds is 3. The third-order valence-corrected chi connectivity index (χ3v) is 6.11. The highest BCUT2D eigenvalue weighted by atomic mass is 35.5. The smallest absolute Gasteiger partial charge is 0.310 e. The van der Waals surface area contributed by atoms with E-state index in [1.54, 1.807) is 13.0 Å². The molecule has 2 rings (SSSR count). The summed E-state index contributed by atoms with van der Waals surface area (Å²) in [5, 5.41) is 19.1. The number of halogens is 1. The lowest BCUT2D eigenvalue weighted by atomic mass is 9.96. The van der Waals surface area contributed by atoms with Crippen LogP contribution in [-0.2, 0) is 14.8 Å². The number of carbonyl (C=O) groups is 1. The molecule has 1 fully saturated rings. The van der Waals surface area contributed by atoms with Crippen molar-refractivity contribution in [2.45, 2.75) is 24.3 Å². The van der Waals surface area contributed by atoms with Crippen LogP contribution in [0, 0.1) is 12.8 Å². The van der Waals surface area contributed by atoms with Gasteiger partial charge in [0.05, 0.1) is 16.9 Å². The van der Waals surface area contributed by atoms with E-state index in [1.165, 1.54) is 12.1 Å². The predicted octanol–water partition coefficient (Wildman–Crippen LogP) is 1.10. The van der Waals surface area contributed by atoms with E-state index in [-0.39, 0.29) is 24.4 Å². The molecule has 0 saturated carbocycles. The van der Waals surface area contributed by atoms with Gasteiger partial charge in [-0.2, -0.15) is 4.31 Å². The molecule has 1 saturated heterocycles. The van der Waals surface area contributed by atoms with Gasteiger partial charge in [0.25, 0.3) is 0 Å². The van der Waals surface area contributed by atoms with Crippen LogP contribution in [-0.4, -0.2) is 48.1 Å². The molecule has 1 aromatic rings. The third kappa shape index (κ3) is 3.06. The molecule has 0 aliphatic carbocycles. The molecule has 6 nitrogen and oxygen atoms in total. The first-order valence-electron chi connectivity index (χ1n) is 6.41. The molecular weight excluding hydrogens is 318 g/mol. The van der Waals surface area contributed by atoms with Gasteiger partial charge in [0.2, 0.25) is 10.0 Å². The fraction of sp³-hybridized carbons (Fsp3) is 0.462. The quantitative estimate of drug-likeness (QED) is 0.863. The van der Waals surface area contributed by atoms with Crippen molar-refractivity contribution in [3.8, 4) is 0 Å². The number of carboxylic acid groups (broad SMARTS) is 1. The van der Waals surface area contributed by atoms with Crippen LogP contribution >= 0.6 is 11.6 Å². The number of benzene rings is 1. The molecule has 0 spiro atoms. The summed E-state index contributed by atoms with van der Waals surface area (Å²) in [6, 6.07) is 4.57. The van der Waals surface area contributed by atoms with Crippen LogP contribution < -0.4 is 0 Å². The summed E-state index contributed by atoms with van der Waals surface area (Å²) in [5.74, 6) is -2.32. The van der Waals surface area contributed by atoms with Gasteiger partial charge < -0.3 is 10.2 Å². The number of piperidine rings is 1. The van der Waals surface area contributed by atoms with E-state index in [4.69, 9.17) is 16.7 Å². The van der Waals surface area contributed by atoms with Gasteiger partial charge in [-0.05, 0) is 31.0 Å². The highest BCUT2D eigenvalue weighted by Gasteiger charge is 2.38. The minimum Gasteiger partial charge on any atom is -0.481 e. The molecule has 1 heterocycles. The normalized spacial score (nSPS) is 24.0. The van der Waals surface area contributed by atoms with Crippen LogP contribution in [0.5, 0.6) is 0 Å². The zero-order valence-corrected chi connectivity index (χ0v) is 12.9. The average Bonchev–Trinajstić information content (AvgIpc) is 2.41. The number of hydrogen-bond acceptors (Lipinski definition) is 4. The fourth-order valence-corrected chi connectivity index (χ4v) is 4.34. The van der Waals surface area contributed by atoms with Crippen molar-refractivity contribution >= 4 is 27.6 Å². The average molecular weight is 334 g/mol. The van der Waals surface area contributed by atoms with Gasteiger partial charge in [0.15, 0.2) is 0 Å². The summed E-state index contributed by atoms with van der Waals surface area (Å²) in [6.45, 7) is 1.44. The van der Waals surface area contributed by atoms with Gasteiger partial charge in [0, 0.05) is 18.1 Å². The van der Waals surface area contributed by atoms with Crippen LogP contribution in [0.4, 0.5) is 0 Å². The molecule has 1 aromatic carbocycles. The molecule has 1 aliphatic heterocycles. The lowest BCUT2D eigenvalue weighted by Gasteiger charge is -2.33. The molecule has 2 unspecified atom stereocenters. The van der Waals surface area contributed by atoms with E-state index in [0.717, 1.165) is 4.31 Å². The van der Waals surface area contributed by atoms with Gasteiger partial charge in [0.1, 0.15) is 0 Å². The first-order chi connectivity index (χ1) is 9.75. The van der Waals surface area contributed by atoms with Gasteiger partial charge in [-0.1, -0.05) is 17.7 Å². The Morgan fingerprint density at radius 1 is 1.43 bits per heavy atom.